The van der Waals surface area contributed by atoms with E-state index < -0.39 is 0 Å². The Hall–Kier alpha value is -3.31. The summed E-state index contributed by atoms with van der Waals surface area (Å²) in [5, 5.41) is 4.48. The number of para-hydroxylation sites is 2. The number of fused-ring (bicyclic) bond motifs is 3. The predicted octanol–water partition coefficient (Wildman–Crippen LogP) is 5.71. The quantitative estimate of drug-likeness (QED) is 0.354. The minimum Gasteiger partial charge on any atom is -0.350 e. The predicted molar refractivity (Wildman–Crippen MR) is 131 cm³/mol. The fourth-order valence-electron chi connectivity index (χ4n) is 5.29. The molecule has 160 valence electrons. The number of amides is 1. The van der Waals surface area contributed by atoms with Crippen molar-refractivity contribution in [2.24, 2.45) is 14.1 Å². The minimum absolute atomic E-state index is 0.0519. The molecule has 0 N–H and O–H groups in total. The molecular weight excluding hydrogens is 414 g/mol. The summed E-state index contributed by atoms with van der Waals surface area (Å²) in [7, 11) is 4.11. The van der Waals surface area contributed by atoms with Gasteiger partial charge in [0.15, 0.2) is 0 Å². The van der Waals surface area contributed by atoms with E-state index in [0.717, 1.165) is 35.9 Å². The van der Waals surface area contributed by atoms with Crippen LogP contribution in [0.1, 0.15) is 32.4 Å². The van der Waals surface area contributed by atoms with Crippen LogP contribution in [0.25, 0.3) is 21.8 Å². The Labute approximate surface area is 191 Å². The highest BCUT2D eigenvalue weighted by Crippen LogP contribution is 2.39. The van der Waals surface area contributed by atoms with Crippen molar-refractivity contribution in [1.82, 2.24) is 14.0 Å². The molecule has 1 unspecified atom stereocenters. The fourth-order valence-corrected chi connectivity index (χ4v) is 6.36. The van der Waals surface area contributed by atoms with Gasteiger partial charge in [0.1, 0.15) is 0 Å². The van der Waals surface area contributed by atoms with Crippen molar-refractivity contribution in [3.05, 3.63) is 93.9 Å². The Morgan fingerprint density at radius 3 is 2.44 bits per heavy atom. The summed E-state index contributed by atoms with van der Waals surface area (Å²) >= 11 is 1.78. The number of benzene rings is 2. The molecule has 0 fully saturated rings. The smallest absolute Gasteiger partial charge is 0.256 e. The molecule has 4 heterocycles. The lowest BCUT2D eigenvalue weighted by atomic mass is 9.94. The SMILES string of the molecule is Cn1cc(CC2c3sccc3CCN2C(=O)c2cn(C)c3ccccc23)c2ccccc21. The summed E-state index contributed by atoms with van der Waals surface area (Å²) < 4.78 is 4.25. The van der Waals surface area contributed by atoms with Crippen molar-refractivity contribution in [3.8, 4) is 0 Å². The number of aryl methyl sites for hydroxylation is 2. The summed E-state index contributed by atoms with van der Waals surface area (Å²) in [6.07, 6.45) is 5.96. The zero-order chi connectivity index (χ0) is 21.8. The first kappa shape index (κ1) is 19.4. The molecule has 0 bridgehead atoms. The maximum absolute atomic E-state index is 13.9. The molecule has 3 aromatic heterocycles. The minimum atomic E-state index is 0.0519. The van der Waals surface area contributed by atoms with E-state index in [1.54, 1.807) is 11.3 Å². The lowest BCUT2D eigenvalue weighted by Crippen LogP contribution is -2.40. The Morgan fingerprint density at radius 1 is 0.938 bits per heavy atom. The lowest BCUT2D eigenvalue weighted by molar-refractivity contribution is 0.0666. The van der Waals surface area contributed by atoms with Crippen molar-refractivity contribution in [3.63, 3.8) is 0 Å². The zero-order valence-corrected chi connectivity index (χ0v) is 19.1. The van der Waals surface area contributed by atoms with Gasteiger partial charge >= 0.3 is 0 Å². The fraction of sp³-hybridized carbons (Fsp3) is 0.222. The van der Waals surface area contributed by atoms with Crippen molar-refractivity contribution >= 4 is 39.0 Å². The van der Waals surface area contributed by atoms with Gasteiger partial charge in [0.2, 0.25) is 0 Å². The van der Waals surface area contributed by atoms with E-state index in [-0.39, 0.29) is 11.9 Å². The third kappa shape index (κ3) is 2.92. The van der Waals surface area contributed by atoms with E-state index in [0.29, 0.717) is 0 Å². The standard InChI is InChI=1S/C27H25N3OS/c1-28-16-19(20-7-3-5-9-23(20)28)15-25-26-18(12-14-32-26)11-13-30(25)27(31)22-17-29(2)24-10-6-4-8-21(22)24/h3-10,12,14,16-17,25H,11,13,15H2,1-2H3. The number of hydrogen-bond acceptors (Lipinski definition) is 2. The molecule has 4 nitrogen and oxygen atoms in total. The summed E-state index contributed by atoms with van der Waals surface area (Å²) in [6, 6.07) is 19.0. The zero-order valence-electron chi connectivity index (χ0n) is 18.3. The molecule has 0 spiro atoms. The van der Waals surface area contributed by atoms with Gasteiger partial charge in [-0.1, -0.05) is 36.4 Å². The van der Waals surface area contributed by atoms with Gasteiger partial charge in [-0.2, -0.15) is 0 Å². The lowest BCUT2D eigenvalue weighted by Gasteiger charge is -2.36. The average Bonchev–Trinajstić information content (AvgIpc) is 3.51. The van der Waals surface area contributed by atoms with Crippen LogP contribution in [-0.2, 0) is 26.9 Å². The molecule has 1 atom stereocenters. The van der Waals surface area contributed by atoms with Crippen LogP contribution >= 0.6 is 11.3 Å². The first-order valence-corrected chi connectivity index (χ1v) is 11.9. The number of hydrogen-bond donors (Lipinski definition) is 0. The maximum atomic E-state index is 13.9. The van der Waals surface area contributed by atoms with E-state index in [2.05, 4.69) is 75.1 Å². The third-order valence-corrected chi connectivity index (χ3v) is 7.92. The molecule has 0 saturated heterocycles. The Bertz CT molecular complexity index is 1470. The van der Waals surface area contributed by atoms with Crippen LogP contribution in [0.3, 0.4) is 0 Å². The van der Waals surface area contributed by atoms with E-state index >= 15 is 0 Å². The highest BCUT2D eigenvalue weighted by molar-refractivity contribution is 7.10. The maximum Gasteiger partial charge on any atom is 0.256 e. The Kier molecular flexibility index (Phi) is 4.47. The van der Waals surface area contributed by atoms with Gasteiger partial charge in [-0.25, -0.2) is 0 Å². The second kappa shape index (κ2) is 7.38. The second-order valence-corrected chi connectivity index (χ2v) is 9.68. The van der Waals surface area contributed by atoms with Gasteiger partial charge in [-0.05, 0) is 47.5 Å². The van der Waals surface area contributed by atoms with Crippen LogP contribution in [0.4, 0.5) is 0 Å². The number of carbonyl (C=O) groups is 1. The van der Waals surface area contributed by atoms with E-state index in [9.17, 15) is 4.79 Å². The first-order valence-electron chi connectivity index (χ1n) is 11.1. The number of nitrogens with zero attached hydrogens (tertiary/aromatic N) is 3. The molecule has 1 aliphatic rings. The molecule has 1 amide bonds. The van der Waals surface area contributed by atoms with Gasteiger partial charge in [-0.3, -0.25) is 4.79 Å². The van der Waals surface area contributed by atoms with Crippen LogP contribution in [-0.4, -0.2) is 26.5 Å². The van der Waals surface area contributed by atoms with Crippen molar-refractivity contribution in [2.75, 3.05) is 6.54 Å². The van der Waals surface area contributed by atoms with Gasteiger partial charge < -0.3 is 14.0 Å². The molecular formula is C27H25N3OS. The first-order chi connectivity index (χ1) is 15.6. The molecule has 5 heteroatoms. The molecule has 2 aromatic carbocycles. The van der Waals surface area contributed by atoms with Crippen LogP contribution in [0.2, 0.25) is 0 Å². The van der Waals surface area contributed by atoms with E-state index in [1.165, 1.54) is 26.9 Å². The number of aromatic nitrogens is 2. The van der Waals surface area contributed by atoms with Crippen LogP contribution < -0.4 is 0 Å². The van der Waals surface area contributed by atoms with Crippen LogP contribution in [0.15, 0.2) is 72.4 Å². The highest BCUT2D eigenvalue weighted by Gasteiger charge is 2.34. The summed E-state index contributed by atoms with van der Waals surface area (Å²) in [6.45, 7) is 0.751. The topological polar surface area (TPSA) is 30.2 Å². The third-order valence-electron chi connectivity index (χ3n) is 6.86. The molecule has 5 aromatic rings. The van der Waals surface area contributed by atoms with Gasteiger partial charge in [0.05, 0.1) is 11.6 Å². The molecule has 6 rings (SSSR count). The highest BCUT2D eigenvalue weighted by atomic mass is 32.1. The van der Waals surface area contributed by atoms with Gasteiger partial charge in [0, 0.05) is 59.7 Å². The van der Waals surface area contributed by atoms with Crippen molar-refractivity contribution in [2.45, 2.75) is 18.9 Å². The van der Waals surface area contributed by atoms with E-state index in [1.807, 2.05) is 25.4 Å². The molecule has 0 saturated carbocycles. The van der Waals surface area contributed by atoms with Crippen molar-refractivity contribution in [1.29, 1.82) is 0 Å². The second-order valence-electron chi connectivity index (χ2n) is 8.73. The molecule has 1 aliphatic heterocycles. The number of thiophene rings is 1. The molecule has 0 radical (unpaired) electrons. The number of carbonyl (C=O) groups excluding carboxylic acids is 1. The largest absolute Gasteiger partial charge is 0.350 e. The van der Waals surface area contributed by atoms with Gasteiger partial charge in [0.25, 0.3) is 5.91 Å². The van der Waals surface area contributed by atoms with Crippen LogP contribution in [0.5, 0.6) is 0 Å². The molecule has 32 heavy (non-hydrogen) atoms. The summed E-state index contributed by atoms with van der Waals surface area (Å²) in [5.41, 5.74) is 5.81. The van der Waals surface area contributed by atoms with E-state index in [4.69, 9.17) is 0 Å². The summed E-state index contributed by atoms with van der Waals surface area (Å²) in [4.78, 5) is 17.4. The van der Waals surface area contributed by atoms with Crippen LogP contribution in [0, 0.1) is 0 Å². The van der Waals surface area contributed by atoms with Gasteiger partial charge in [-0.15, -0.1) is 11.3 Å². The van der Waals surface area contributed by atoms with Crippen molar-refractivity contribution < 1.29 is 4.79 Å². The summed E-state index contributed by atoms with van der Waals surface area (Å²) in [5.74, 6) is 0.131. The Morgan fingerprint density at radius 2 is 1.62 bits per heavy atom. The monoisotopic (exact) mass is 439 g/mol. The number of rotatable bonds is 3. The molecule has 0 aliphatic carbocycles. The normalized spacial score (nSPS) is 16.1. The Balaban J connectivity index is 1.44. The average molecular weight is 440 g/mol.